The fraction of sp³-hybridized carbons (Fsp3) is 0.400. The molecule has 0 radical (unpaired) electrons. The number of hydrogen-bond acceptors (Lipinski definition) is 1. The summed E-state index contributed by atoms with van der Waals surface area (Å²) in [7, 11) is 1.61. The molecule has 0 aliphatic carbocycles. The summed E-state index contributed by atoms with van der Waals surface area (Å²) in [6.45, 7) is 0. The first-order valence-electron chi connectivity index (χ1n) is 4.17. The summed E-state index contributed by atoms with van der Waals surface area (Å²) >= 11 is 17.1. The van der Waals surface area contributed by atoms with E-state index in [1.54, 1.807) is 7.11 Å². The van der Waals surface area contributed by atoms with Gasteiger partial charge in [-0.3, -0.25) is 0 Å². The monoisotopic (exact) mass is 252 g/mol. The Hall–Kier alpha value is 0.0500. The SMILES string of the molecule is COC(CC(Cl)(Cl)Cl)c1ccccc1. The minimum Gasteiger partial charge on any atom is -0.377 e. The van der Waals surface area contributed by atoms with Crippen LogP contribution < -0.4 is 0 Å². The predicted molar refractivity (Wildman–Crippen MR) is 61.1 cm³/mol. The molecule has 1 aromatic rings. The van der Waals surface area contributed by atoms with Crippen molar-refractivity contribution in [3.8, 4) is 0 Å². The maximum absolute atomic E-state index is 5.71. The summed E-state index contributed by atoms with van der Waals surface area (Å²) in [5, 5.41) is 0. The zero-order valence-electron chi connectivity index (χ0n) is 7.71. The van der Waals surface area contributed by atoms with Gasteiger partial charge in [0, 0.05) is 13.5 Å². The molecular weight excluding hydrogens is 242 g/mol. The van der Waals surface area contributed by atoms with Gasteiger partial charge in [0.2, 0.25) is 0 Å². The average molecular weight is 254 g/mol. The van der Waals surface area contributed by atoms with E-state index in [-0.39, 0.29) is 6.10 Å². The molecule has 14 heavy (non-hydrogen) atoms. The van der Waals surface area contributed by atoms with E-state index >= 15 is 0 Å². The Labute approximate surface area is 98.9 Å². The minimum absolute atomic E-state index is 0.177. The highest BCUT2D eigenvalue weighted by Crippen LogP contribution is 2.37. The van der Waals surface area contributed by atoms with Crippen molar-refractivity contribution < 1.29 is 4.74 Å². The van der Waals surface area contributed by atoms with Crippen LogP contribution in [0, 0.1) is 0 Å². The quantitative estimate of drug-likeness (QED) is 0.736. The Balaban J connectivity index is 2.73. The standard InChI is InChI=1S/C10H11Cl3O/c1-14-9(7-10(11,12)13)8-5-3-2-4-6-8/h2-6,9H,7H2,1H3. The molecule has 1 atom stereocenters. The number of hydrogen-bond donors (Lipinski definition) is 0. The first-order chi connectivity index (χ1) is 6.53. The molecule has 0 fully saturated rings. The normalized spacial score (nSPS) is 14.0. The van der Waals surface area contributed by atoms with E-state index in [4.69, 9.17) is 39.5 Å². The zero-order valence-corrected chi connectivity index (χ0v) is 9.98. The molecule has 0 saturated carbocycles. The van der Waals surface area contributed by atoms with Gasteiger partial charge in [0.15, 0.2) is 3.79 Å². The van der Waals surface area contributed by atoms with Crippen LogP contribution in [0.15, 0.2) is 30.3 Å². The topological polar surface area (TPSA) is 9.23 Å². The van der Waals surface area contributed by atoms with Crippen molar-refractivity contribution in [1.82, 2.24) is 0 Å². The first kappa shape index (κ1) is 12.1. The molecule has 1 rings (SSSR count). The molecule has 0 spiro atoms. The number of methoxy groups -OCH3 is 1. The molecule has 0 bridgehead atoms. The summed E-state index contributed by atoms with van der Waals surface area (Å²) < 4.78 is 3.98. The fourth-order valence-corrected chi connectivity index (χ4v) is 1.64. The van der Waals surface area contributed by atoms with Crippen molar-refractivity contribution in [2.45, 2.75) is 16.3 Å². The summed E-state index contributed by atoms with van der Waals surface area (Å²) in [6.07, 6.45) is 0.168. The molecule has 1 aromatic carbocycles. The Bertz CT molecular complexity index is 268. The number of halogens is 3. The molecule has 0 amide bonds. The van der Waals surface area contributed by atoms with Crippen LogP contribution in [0.3, 0.4) is 0 Å². The number of benzene rings is 1. The highest BCUT2D eigenvalue weighted by Gasteiger charge is 2.26. The second-order valence-electron chi connectivity index (χ2n) is 2.95. The van der Waals surface area contributed by atoms with Crippen molar-refractivity contribution in [2.24, 2.45) is 0 Å². The van der Waals surface area contributed by atoms with Crippen molar-refractivity contribution >= 4 is 34.8 Å². The van der Waals surface area contributed by atoms with E-state index in [0.29, 0.717) is 6.42 Å². The highest BCUT2D eigenvalue weighted by molar-refractivity contribution is 6.67. The third-order valence-corrected chi connectivity index (χ3v) is 2.34. The Morgan fingerprint density at radius 2 is 1.79 bits per heavy atom. The van der Waals surface area contributed by atoms with Crippen LogP contribution in [0.4, 0.5) is 0 Å². The average Bonchev–Trinajstić information content (AvgIpc) is 2.14. The number of ether oxygens (including phenoxy) is 1. The van der Waals surface area contributed by atoms with E-state index in [0.717, 1.165) is 5.56 Å². The number of alkyl halides is 3. The van der Waals surface area contributed by atoms with Crippen molar-refractivity contribution in [1.29, 1.82) is 0 Å². The molecule has 0 aliphatic heterocycles. The van der Waals surface area contributed by atoms with Gasteiger partial charge < -0.3 is 4.74 Å². The van der Waals surface area contributed by atoms with Crippen LogP contribution in [-0.2, 0) is 4.74 Å². The van der Waals surface area contributed by atoms with Crippen LogP contribution in [0.1, 0.15) is 18.1 Å². The molecular formula is C10H11Cl3O. The Morgan fingerprint density at radius 1 is 1.21 bits per heavy atom. The van der Waals surface area contributed by atoms with E-state index in [1.807, 2.05) is 30.3 Å². The Morgan fingerprint density at radius 3 is 2.21 bits per heavy atom. The predicted octanol–water partition coefficient (Wildman–Crippen LogP) is 4.13. The molecule has 1 unspecified atom stereocenters. The smallest absolute Gasteiger partial charge is 0.193 e. The first-order valence-corrected chi connectivity index (χ1v) is 5.31. The van der Waals surface area contributed by atoms with E-state index < -0.39 is 3.79 Å². The molecule has 0 heterocycles. The van der Waals surface area contributed by atoms with Gasteiger partial charge in [0.05, 0.1) is 6.10 Å². The number of rotatable bonds is 3. The molecule has 0 saturated heterocycles. The second kappa shape index (κ2) is 5.22. The van der Waals surface area contributed by atoms with Crippen molar-refractivity contribution in [3.05, 3.63) is 35.9 Å². The lowest BCUT2D eigenvalue weighted by Gasteiger charge is -2.20. The van der Waals surface area contributed by atoms with Gasteiger partial charge in [-0.25, -0.2) is 0 Å². The third kappa shape index (κ3) is 4.05. The summed E-state index contributed by atoms with van der Waals surface area (Å²) in [6, 6.07) is 9.69. The van der Waals surface area contributed by atoms with E-state index in [1.165, 1.54) is 0 Å². The van der Waals surface area contributed by atoms with Crippen LogP contribution >= 0.6 is 34.8 Å². The van der Waals surface area contributed by atoms with Crippen LogP contribution in [-0.4, -0.2) is 10.9 Å². The van der Waals surface area contributed by atoms with E-state index in [2.05, 4.69) is 0 Å². The molecule has 4 heteroatoms. The largest absolute Gasteiger partial charge is 0.377 e. The fourth-order valence-electron chi connectivity index (χ4n) is 1.22. The summed E-state index contributed by atoms with van der Waals surface area (Å²) in [4.78, 5) is 0. The Kier molecular flexibility index (Phi) is 4.52. The molecule has 1 nitrogen and oxygen atoms in total. The zero-order chi connectivity index (χ0) is 10.6. The second-order valence-corrected chi connectivity index (χ2v) is 5.47. The van der Waals surface area contributed by atoms with Crippen LogP contribution in [0.2, 0.25) is 0 Å². The highest BCUT2D eigenvalue weighted by atomic mass is 35.6. The molecule has 78 valence electrons. The van der Waals surface area contributed by atoms with Crippen molar-refractivity contribution in [3.63, 3.8) is 0 Å². The lowest BCUT2D eigenvalue weighted by Crippen LogP contribution is -2.12. The molecule has 0 aromatic heterocycles. The van der Waals surface area contributed by atoms with Crippen LogP contribution in [0.5, 0.6) is 0 Å². The van der Waals surface area contributed by atoms with Gasteiger partial charge in [0.1, 0.15) is 0 Å². The van der Waals surface area contributed by atoms with Gasteiger partial charge in [0.25, 0.3) is 0 Å². The van der Waals surface area contributed by atoms with Crippen LogP contribution in [0.25, 0.3) is 0 Å². The van der Waals surface area contributed by atoms with Gasteiger partial charge >= 0.3 is 0 Å². The third-order valence-electron chi connectivity index (χ3n) is 1.87. The maximum atomic E-state index is 5.71. The van der Waals surface area contributed by atoms with Gasteiger partial charge in [-0.05, 0) is 5.56 Å². The van der Waals surface area contributed by atoms with Gasteiger partial charge in [-0.1, -0.05) is 65.1 Å². The van der Waals surface area contributed by atoms with Crippen molar-refractivity contribution in [2.75, 3.05) is 7.11 Å². The van der Waals surface area contributed by atoms with Gasteiger partial charge in [-0.15, -0.1) is 0 Å². The lowest BCUT2D eigenvalue weighted by molar-refractivity contribution is 0.0968. The van der Waals surface area contributed by atoms with E-state index in [9.17, 15) is 0 Å². The molecule has 0 aliphatic rings. The summed E-state index contributed by atoms with van der Waals surface area (Å²) in [5.74, 6) is 0. The minimum atomic E-state index is -1.28. The summed E-state index contributed by atoms with van der Waals surface area (Å²) in [5.41, 5.74) is 1.02. The van der Waals surface area contributed by atoms with Gasteiger partial charge in [-0.2, -0.15) is 0 Å². The maximum Gasteiger partial charge on any atom is 0.193 e. The lowest BCUT2D eigenvalue weighted by atomic mass is 10.1. The molecule has 0 N–H and O–H groups in total.